The summed E-state index contributed by atoms with van der Waals surface area (Å²) in [6.07, 6.45) is 0.627. The molecule has 4 aromatic rings. The first kappa shape index (κ1) is 27.9. The third-order valence-electron chi connectivity index (χ3n) is 6.49. The SMILES string of the molecule is CCC1=C(N(Cc2ccc(OC)cc2OC)S(=O)(=O)c2ccc3c(c2)oc(=O)n3-c2cccc(Cl)c2)SC=NC1. The van der Waals surface area contributed by atoms with Crippen LogP contribution in [0.3, 0.4) is 0 Å². The van der Waals surface area contributed by atoms with Crippen LogP contribution in [0.4, 0.5) is 0 Å². The van der Waals surface area contributed by atoms with Crippen molar-refractivity contribution in [3.05, 3.63) is 92.4 Å². The Morgan fingerprint density at radius 3 is 2.65 bits per heavy atom. The molecule has 1 aromatic heterocycles. The number of ether oxygens (including phenoxy) is 2. The van der Waals surface area contributed by atoms with Crippen molar-refractivity contribution in [1.29, 1.82) is 0 Å². The van der Waals surface area contributed by atoms with E-state index < -0.39 is 15.8 Å². The van der Waals surface area contributed by atoms with Crippen LogP contribution in [-0.4, -0.2) is 43.6 Å². The first-order valence-electron chi connectivity index (χ1n) is 12.3. The molecule has 1 aliphatic rings. The Labute approximate surface area is 240 Å². The van der Waals surface area contributed by atoms with Crippen molar-refractivity contribution in [3.8, 4) is 17.2 Å². The number of methoxy groups -OCH3 is 2. The highest BCUT2D eigenvalue weighted by Gasteiger charge is 2.31. The van der Waals surface area contributed by atoms with Gasteiger partial charge in [-0.15, -0.1) is 0 Å². The summed E-state index contributed by atoms with van der Waals surface area (Å²) in [5, 5.41) is 1.03. The predicted molar refractivity (Wildman–Crippen MR) is 157 cm³/mol. The van der Waals surface area contributed by atoms with Crippen molar-refractivity contribution in [2.24, 2.45) is 4.99 Å². The van der Waals surface area contributed by atoms with Gasteiger partial charge in [-0.05, 0) is 54.5 Å². The van der Waals surface area contributed by atoms with Gasteiger partial charge in [-0.25, -0.2) is 17.8 Å². The van der Waals surface area contributed by atoms with E-state index in [1.807, 2.05) is 6.92 Å². The number of nitrogens with zero attached hydrogens (tertiary/aromatic N) is 3. The molecular weight excluding hydrogens is 574 g/mol. The second-order valence-corrected chi connectivity index (χ2v) is 12.0. The first-order chi connectivity index (χ1) is 19.3. The van der Waals surface area contributed by atoms with Gasteiger partial charge in [0.2, 0.25) is 0 Å². The maximum atomic E-state index is 14.3. The van der Waals surface area contributed by atoms with Crippen LogP contribution in [-0.2, 0) is 16.6 Å². The number of hydrogen-bond acceptors (Lipinski definition) is 8. The number of benzene rings is 3. The zero-order chi connectivity index (χ0) is 28.4. The van der Waals surface area contributed by atoms with Gasteiger partial charge in [0.1, 0.15) is 11.5 Å². The van der Waals surface area contributed by atoms with Gasteiger partial charge in [-0.1, -0.05) is 36.4 Å². The molecule has 1 aliphatic heterocycles. The lowest BCUT2D eigenvalue weighted by Crippen LogP contribution is -2.31. The molecule has 0 bridgehead atoms. The quantitative estimate of drug-likeness (QED) is 0.238. The smallest absolute Gasteiger partial charge is 0.424 e. The Morgan fingerprint density at radius 2 is 1.93 bits per heavy atom. The Bertz CT molecular complexity index is 1810. The van der Waals surface area contributed by atoms with Crippen LogP contribution in [0.5, 0.6) is 11.5 Å². The molecule has 0 amide bonds. The van der Waals surface area contributed by atoms with Gasteiger partial charge >= 0.3 is 5.76 Å². The summed E-state index contributed by atoms with van der Waals surface area (Å²) in [4.78, 5) is 17.1. The second kappa shape index (κ2) is 11.4. The Kier molecular flexibility index (Phi) is 7.97. The summed E-state index contributed by atoms with van der Waals surface area (Å²) in [7, 11) is -1.06. The standard InChI is InChI=1S/C28H26ClN3O6S2/c1-4-18-15-30-17-39-27(18)31(16-19-8-9-22(36-2)13-25(19)37-3)40(34,35)23-10-11-24-26(14-23)38-28(33)32(24)21-7-5-6-20(29)12-21/h5-14,17H,4,15-16H2,1-3H3. The van der Waals surface area contributed by atoms with Crippen LogP contribution >= 0.6 is 23.4 Å². The van der Waals surface area contributed by atoms with Crippen LogP contribution in [0.2, 0.25) is 5.02 Å². The van der Waals surface area contributed by atoms with Crippen molar-refractivity contribution in [3.63, 3.8) is 0 Å². The van der Waals surface area contributed by atoms with Crippen molar-refractivity contribution in [2.45, 2.75) is 24.8 Å². The molecule has 12 heteroatoms. The van der Waals surface area contributed by atoms with Gasteiger partial charge in [-0.2, -0.15) is 0 Å². The molecule has 0 N–H and O–H groups in total. The van der Waals surface area contributed by atoms with E-state index in [-0.39, 0.29) is 17.0 Å². The van der Waals surface area contributed by atoms with Gasteiger partial charge in [-0.3, -0.25) is 9.30 Å². The van der Waals surface area contributed by atoms with Crippen molar-refractivity contribution >= 4 is 50.0 Å². The van der Waals surface area contributed by atoms with Crippen molar-refractivity contribution in [1.82, 2.24) is 8.87 Å². The van der Waals surface area contributed by atoms with Crippen LogP contribution < -0.4 is 15.2 Å². The number of rotatable bonds is 9. The van der Waals surface area contributed by atoms with Crippen molar-refractivity contribution < 1.29 is 22.3 Å². The summed E-state index contributed by atoms with van der Waals surface area (Å²) in [5.41, 5.74) is 4.25. The lowest BCUT2D eigenvalue weighted by atomic mass is 10.2. The molecule has 2 heterocycles. The van der Waals surface area contributed by atoms with E-state index in [4.69, 9.17) is 25.5 Å². The average molecular weight is 600 g/mol. The molecule has 208 valence electrons. The number of aromatic nitrogens is 1. The fourth-order valence-electron chi connectivity index (χ4n) is 4.43. The first-order valence-corrected chi connectivity index (χ1v) is 15.0. The van der Waals surface area contributed by atoms with Crippen LogP contribution in [0.15, 0.2) is 90.4 Å². The van der Waals surface area contributed by atoms with Crippen LogP contribution in [0.25, 0.3) is 16.8 Å². The number of fused-ring (bicyclic) bond motifs is 1. The number of oxazole rings is 1. The van der Waals surface area contributed by atoms with E-state index in [0.717, 1.165) is 5.57 Å². The minimum atomic E-state index is -4.14. The highest BCUT2D eigenvalue weighted by Crippen LogP contribution is 2.37. The summed E-state index contributed by atoms with van der Waals surface area (Å²) in [5.74, 6) is 0.432. The van der Waals surface area contributed by atoms with E-state index >= 15 is 0 Å². The van der Waals surface area contributed by atoms with Crippen LogP contribution in [0, 0.1) is 0 Å². The molecular formula is C28H26ClN3O6S2. The van der Waals surface area contributed by atoms with Crippen LogP contribution in [0.1, 0.15) is 18.9 Å². The van der Waals surface area contributed by atoms with Gasteiger partial charge < -0.3 is 13.9 Å². The molecule has 3 aromatic carbocycles. The lowest BCUT2D eigenvalue weighted by Gasteiger charge is -2.29. The highest BCUT2D eigenvalue weighted by molar-refractivity contribution is 8.15. The number of thioether (sulfide) groups is 1. The fraction of sp³-hybridized carbons (Fsp3) is 0.214. The van der Waals surface area contributed by atoms with Gasteiger partial charge in [0.15, 0.2) is 5.58 Å². The summed E-state index contributed by atoms with van der Waals surface area (Å²) >= 11 is 7.38. The second-order valence-electron chi connectivity index (χ2n) is 8.83. The minimum Gasteiger partial charge on any atom is -0.497 e. The normalized spacial score (nSPS) is 13.6. The fourth-order valence-corrected chi connectivity index (χ4v) is 7.25. The molecule has 5 rings (SSSR count). The molecule has 0 atom stereocenters. The molecule has 0 fully saturated rings. The van der Waals surface area contributed by atoms with Gasteiger partial charge in [0.25, 0.3) is 10.0 Å². The van der Waals surface area contributed by atoms with E-state index in [1.165, 1.54) is 39.9 Å². The molecule has 40 heavy (non-hydrogen) atoms. The molecule has 0 unspecified atom stereocenters. The zero-order valence-corrected chi connectivity index (χ0v) is 24.3. The Morgan fingerprint density at radius 1 is 1.10 bits per heavy atom. The number of halogens is 1. The van der Waals surface area contributed by atoms with Gasteiger partial charge in [0, 0.05) is 22.7 Å². The molecule has 9 nitrogen and oxygen atoms in total. The molecule has 0 saturated heterocycles. The highest BCUT2D eigenvalue weighted by atomic mass is 35.5. The maximum absolute atomic E-state index is 14.3. The largest absolute Gasteiger partial charge is 0.497 e. The topological polar surface area (TPSA) is 103 Å². The zero-order valence-electron chi connectivity index (χ0n) is 22.0. The molecule has 0 saturated carbocycles. The van der Waals surface area contributed by atoms with E-state index in [1.54, 1.807) is 61.2 Å². The summed E-state index contributed by atoms with van der Waals surface area (Å²) in [6, 6.07) is 16.4. The van der Waals surface area contributed by atoms with E-state index in [9.17, 15) is 13.2 Å². The molecule has 0 aliphatic carbocycles. The Hall–Kier alpha value is -3.67. The summed E-state index contributed by atoms with van der Waals surface area (Å²) in [6.45, 7) is 2.37. The number of hydrogen-bond donors (Lipinski definition) is 0. The monoisotopic (exact) mass is 599 g/mol. The third-order valence-corrected chi connectivity index (χ3v) is 9.57. The third kappa shape index (κ3) is 5.24. The summed E-state index contributed by atoms with van der Waals surface area (Å²) < 4.78 is 47.7. The molecule has 0 radical (unpaired) electrons. The lowest BCUT2D eigenvalue weighted by molar-refractivity contribution is 0.386. The van der Waals surface area contributed by atoms with Crippen molar-refractivity contribution in [2.75, 3.05) is 20.8 Å². The number of sulfonamides is 1. The minimum absolute atomic E-state index is 0.000681. The maximum Gasteiger partial charge on any atom is 0.424 e. The van der Waals surface area contributed by atoms with Gasteiger partial charge in [0.05, 0.1) is 54.0 Å². The average Bonchev–Trinajstić information content (AvgIpc) is 3.30. The Balaban J connectivity index is 1.63. The predicted octanol–water partition coefficient (Wildman–Crippen LogP) is 5.84. The number of aliphatic imine (C=N–C) groups is 1. The molecule has 0 spiro atoms. The van der Waals surface area contributed by atoms with E-state index in [2.05, 4.69) is 4.99 Å². The van der Waals surface area contributed by atoms with E-state index in [0.29, 0.717) is 51.3 Å².